The molecule has 0 saturated carbocycles. The number of benzene rings is 1. The van der Waals surface area contributed by atoms with E-state index < -0.39 is 24.1 Å². The van der Waals surface area contributed by atoms with Crippen molar-refractivity contribution in [3.05, 3.63) is 29.8 Å². The van der Waals surface area contributed by atoms with E-state index in [0.717, 1.165) is 12.8 Å². The predicted octanol–water partition coefficient (Wildman–Crippen LogP) is 1.44. The van der Waals surface area contributed by atoms with Crippen molar-refractivity contribution in [2.45, 2.75) is 51.2 Å². The summed E-state index contributed by atoms with van der Waals surface area (Å²) in [6.07, 6.45) is 1.98. The number of ether oxygens (including phenoxy) is 1. The zero-order chi connectivity index (χ0) is 20.5. The van der Waals surface area contributed by atoms with E-state index in [1.54, 1.807) is 24.3 Å². The van der Waals surface area contributed by atoms with Crippen molar-refractivity contribution in [2.75, 3.05) is 18.6 Å². The maximum Gasteiger partial charge on any atom is 0.354 e. The first-order valence-electron chi connectivity index (χ1n) is 9.49. The van der Waals surface area contributed by atoms with Crippen LogP contribution < -0.4 is 10.2 Å². The van der Waals surface area contributed by atoms with E-state index in [1.807, 2.05) is 13.8 Å². The quantitative estimate of drug-likeness (QED) is 0.745. The van der Waals surface area contributed by atoms with Gasteiger partial charge in [-0.3, -0.25) is 19.3 Å². The standard InChI is InChI=1S/C20H25N3O5/c1-4-7-13(2)21-16(24)12-28-19(27)20-11-10-17(25)23(20)15-9-6-5-8-14(15)18(26)22(20)3/h5-6,8-9,13H,4,7,10-12H2,1-3H3,(H,21,24)/t13-,20+/m0/s1. The number of carbonyl (C=O) groups is 4. The van der Waals surface area contributed by atoms with Crippen LogP contribution in [0.25, 0.3) is 0 Å². The molecule has 1 N–H and O–H groups in total. The Bertz CT molecular complexity index is 824. The van der Waals surface area contributed by atoms with E-state index in [2.05, 4.69) is 5.32 Å². The van der Waals surface area contributed by atoms with Crippen molar-refractivity contribution in [1.29, 1.82) is 0 Å². The summed E-state index contributed by atoms with van der Waals surface area (Å²) in [5.41, 5.74) is -0.807. The smallest absolute Gasteiger partial charge is 0.354 e. The highest BCUT2D eigenvalue weighted by Crippen LogP contribution is 2.44. The number of hydrogen-bond donors (Lipinski definition) is 1. The molecular weight excluding hydrogens is 362 g/mol. The fraction of sp³-hybridized carbons (Fsp3) is 0.500. The Morgan fingerprint density at radius 1 is 1.29 bits per heavy atom. The number of likely N-dealkylation sites (N-methyl/N-ethyl adjacent to an activating group) is 1. The molecule has 3 rings (SSSR count). The van der Waals surface area contributed by atoms with Gasteiger partial charge in [0.2, 0.25) is 11.6 Å². The SMILES string of the molecule is CCC[C@H](C)NC(=O)COC(=O)[C@@]12CCC(=O)N1c1ccccc1C(=O)N2C. The van der Waals surface area contributed by atoms with E-state index in [9.17, 15) is 19.2 Å². The second kappa shape index (κ2) is 7.61. The maximum absolute atomic E-state index is 13.0. The highest BCUT2D eigenvalue weighted by Gasteiger charge is 2.60. The Kier molecular flexibility index (Phi) is 5.40. The number of amides is 3. The number of esters is 1. The Labute approximate surface area is 163 Å². The van der Waals surface area contributed by atoms with Gasteiger partial charge < -0.3 is 15.0 Å². The summed E-state index contributed by atoms with van der Waals surface area (Å²) >= 11 is 0. The summed E-state index contributed by atoms with van der Waals surface area (Å²) in [5, 5.41) is 2.76. The summed E-state index contributed by atoms with van der Waals surface area (Å²) < 4.78 is 5.27. The molecule has 2 aliphatic heterocycles. The molecule has 3 amide bonds. The van der Waals surface area contributed by atoms with Gasteiger partial charge in [0.05, 0.1) is 11.3 Å². The Balaban J connectivity index is 1.83. The molecule has 8 heteroatoms. The van der Waals surface area contributed by atoms with Gasteiger partial charge in [-0.2, -0.15) is 0 Å². The van der Waals surface area contributed by atoms with Crippen molar-refractivity contribution in [1.82, 2.24) is 10.2 Å². The molecule has 0 bridgehead atoms. The van der Waals surface area contributed by atoms with Gasteiger partial charge in [0.15, 0.2) is 6.61 Å². The van der Waals surface area contributed by atoms with Crippen molar-refractivity contribution >= 4 is 29.4 Å². The Morgan fingerprint density at radius 2 is 2.00 bits per heavy atom. The molecule has 28 heavy (non-hydrogen) atoms. The second-order valence-electron chi connectivity index (χ2n) is 7.26. The van der Waals surface area contributed by atoms with Gasteiger partial charge in [0.25, 0.3) is 11.8 Å². The van der Waals surface area contributed by atoms with E-state index in [-0.39, 0.29) is 30.7 Å². The molecule has 2 atom stereocenters. The van der Waals surface area contributed by atoms with Gasteiger partial charge in [-0.25, -0.2) is 4.79 Å². The van der Waals surface area contributed by atoms with Crippen molar-refractivity contribution in [3.63, 3.8) is 0 Å². The van der Waals surface area contributed by atoms with Crippen molar-refractivity contribution in [2.24, 2.45) is 0 Å². The summed E-state index contributed by atoms with van der Waals surface area (Å²) in [5.74, 6) is -1.81. The topological polar surface area (TPSA) is 96.0 Å². The highest BCUT2D eigenvalue weighted by atomic mass is 16.5. The van der Waals surface area contributed by atoms with Crippen LogP contribution in [0.5, 0.6) is 0 Å². The molecular formula is C20H25N3O5. The largest absolute Gasteiger partial charge is 0.452 e. The number of fused-ring (bicyclic) bond motifs is 3. The van der Waals surface area contributed by atoms with Crippen LogP contribution in [0.3, 0.4) is 0 Å². The predicted molar refractivity (Wildman–Crippen MR) is 101 cm³/mol. The van der Waals surface area contributed by atoms with Gasteiger partial charge >= 0.3 is 5.97 Å². The molecule has 1 aromatic carbocycles. The molecule has 2 aliphatic rings. The molecule has 150 valence electrons. The lowest BCUT2D eigenvalue weighted by atomic mass is 9.97. The third-order valence-electron chi connectivity index (χ3n) is 5.33. The van der Waals surface area contributed by atoms with E-state index >= 15 is 0 Å². The van der Waals surface area contributed by atoms with Gasteiger partial charge in [0, 0.05) is 25.9 Å². The lowest BCUT2D eigenvalue weighted by molar-refractivity contribution is -0.159. The maximum atomic E-state index is 13.0. The zero-order valence-electron chi connectivity index (χ0n) is 16.4. The Hall–Kier alpha value is -2.90. The fourth-order valence-electron chi connectivity index (χ4n) is 3.96. The van der Waals surface area contributed by atoms with Crippen LogP contribution in [0.2, 0.25) is 0 Å². The minimum Gasteiger partial charge on any atom is -0.452 e. The molecule has 8 nitrogen and oxygen atoms in total. The molecule has 0 aliphatic carbocycles. The average molecular weight is 387 g/mol. The minimum atomic E-state index is -1.56. The lowest BCUT2D eigenvalue weighted by Gasteiger charge is -2.46. The monoisotopic (exact) mass is 387 g/mol. The molecule has 1 aromatic rings. The highest BCUT2D eigenvalue weighted by molar-refractivity contribution is 6.15. The van der Waals surface area contributed by atoms with E-state index in [1.165, 1.54) is 16.8 Å². The molecule has 0 unspecified atom stereocenters. The second-order valence-corrected chi connectivity index (χ2v) is 7.26. The van der Waals surface area contributed by atoms with Crippen LogP contribution in [0.4, 0.5) is 5.69 Å². The Morgan fingerprint density at radius 3 is 2.71 bits per heavy atom. The minimum absolute atomic E-state index is 0.0234. The number of rotatable bonds is 6. The molecule has 1 saturated heterocycles. The summed E-state index contributed by atoms with van der Waals surface area (Å²) in [6, 6.07) is 6.66. The average Bonchev–Trinajstić information content (AvgIpc) is 3.03. The van der Waals surface area contributed by atoms with E-state index in [4.69, 9.17) is 4.74 Å². The number of hydrogen-bond acceptors (Lipinski definition) is 5. The van der Waals surface area contributed by atoms with Crippen LogP contribution in [0.1, 0.15) is 49.9 Å². The van der Waals surface area contributed by atoms with Crippen LogP contribution in [0, 0.1) is 0 Å². The third-order valence-corrected chi connectivity index (χ3v) is 5.33. The number of nitrogens with one attached hydrogen (secondary N) is 1. The molecule has 2 heterocycles. The van der Waals surface area contributed by atoms with Crippen LogP contribution >= 0.6 is 0 Å². The third kappa shape index (κ3) is 3.12. The first-order chi connectivity index (χ1) is 13.3. The van der Waals surface area contributed by atoms with Crippen LogP contribution in [-0.4, -0.2) is 54.0 Å². The lowest BCUT2D eigenvalue weighted by Crippen LogP contribution is -2.67. The first kappa shape index (κ1) is 19.9. The number of anilines is 1. The van der Waals surface area contributed by atoms with E-state index in [0.29, 0.717) is 11.3 Å². The summed E-state index contributed by atoms with van der Waals surface area (Å²) in [6.45, 7) is 3.44. The molecule has 0 radical (unpaired) electrons. The van der Waals surface area contributed by atoms with Gasteiger partial charge in [0.1, 0.15) is 0 Å². The molecule has 1 fully saturated rings. The van der Waals surface area contributed by atoms with Gasteiger partial charge in [-0.05, 0) is 25.5 Å². The van der Waals surface area contributed by atoms with Gasteiger partial charge in [-0.15, -0.1) is 0 Å². The number of para-hydroxylation sites is 1. The normalized spacial score (nSPS) is 21.8. The van der Waals surface area contributed by atoms with Crippen molar-refractivity contribution < 1.29 is 23.9 Å². The van der Waals surface area contributed by atoms with Crippen LogP contribution in [-0.2, 0) is 19.1 Å². The fourth-order valence-corrected chi connectivity index (χ4v) is 3.96. The summed E-state index contributed by atoms with van der Waals surface area (Å²) in [4.78, 5) is 53.1. The van der Waals surface area contributed by atoms with Crippen molar-refractivity contribution in [3.8, 4) is 0 Å². The molecule has 0 aromatic heterocycles. The van der Waals surface area contributed by atoms with Crippen LogP contribution in [0.15, 0.2) is 24.3 Å². The molecule has 0 spiro atoms. The summed E-state index contributed by atoms with van der Waals surface area (Å²) in [7, 11) is 1.48. The number of nitrogens with zero attached hydrogens (tertiary/aromatic N) is 2. The zero-order valence-corrected chi connectivity index (χ0v) is 16.4. The first-order valence-corrected chi connectivity index (χ1v) is 9.49. The van der Waals surface area contributed by atoms with Gasteiger partial charge in [-0.1, -0.05) is 25.5 Å². The number of carbonyl (C=O) groups excluding carboxylic acids is 4.